The lowest BCUT2D eigenvalue weighted by molar-refractivity contribution is -0.135. The number of sulfonamides is 1. The number of carbonyl (C=O) groups is 1. The second-order valence-corrected chi connectivity index (χ2v) is 9.97. The monoisotopic (exact) mass is 440 g/mol. The van der Waals surface area contributed by atoms with Gasteiger partial charge in [-0.1, -0.05) is 36.4 Å². The van der Waals surface area contributed by atoms with Crippen molar-refractivity contribution in [2.45, 2.75) is 24.3 Å². The van der Waals surface area contributed by atoms with E-state index in [2.05, 4.69) is 6.07 Å². The van der Waals surface area contributed by atoms with Gasteiger partial charge in [-0.05, 0) is 59.5 Å². The first-order valence-corrected chi connectivity index (χ1v) is 11.8. The molecular formula is C24H25FN2O3S. The summed E-state index contributed by atoms with van der Waals surface area (Å²) in [6, 6.07) is 19.0. The molecule has 4 rings (SSSR count). The zero-order valence-electron chi connectivity index (χ0n) is 17.4. The lowest BCUT2D eigenvalue weighted by atomic mass is 9.98. The van der Waals surface area contributed by atoms with E-state index in [1.165, 1.54) is 16.4 Å². The Labute approximate surface area is 182 Å². The van der Waals surface area contributed by atoms with Gasteiger partial charge in [0.05, 0.1) is 10.8 Å². The van der Waals surface area contributed by atoms with Crippen LogP contribution in [0.1, 0.15) is 18.4 Å². The van der Waals surface area contributed by atoms with Crippen LogP contribution in [0.5, 0.6) is 0 Å². The summed E-state index contributed by atoms with van der Waals surface area (Å²) in [4.78, 5) is 14.8. The fourth-order valence-corrected chi connectivity index (χ4v) is 5.64. The normalized spacial score (nSPS) is 17.5. The third-order valence-corrected chi connectivity index (χ3v) is 7.67. The summed E-state index contributed by atoms with van der Waals surface area (Å²) >= 11 is 0. The van der Waals surface area contributed by atoms with E-state index in [0.29, 0.717) is 25.9 Å². The van der Waals surface area contributed by atoms with Gasteiger partial charge < -0.3 is 4.90 Å². The van der Waals surface area contributed by atoms with Gasteiger partial charge in [0.2, 0.25) is 15.9 Å². The van der Waals surface area contributed by atoms with Crippen molar-refractivity contribution in [3.63, 3.8) is 0 Å². The van der Waals surface area contributed by atoms with Crippen molar-refractivity contribution >= 4 is 26.7 Å². The summed E-state index contributed by atoms with van der Waals surface area (Å²) in [7, 11) is -2.00. The molecule has 1 aliphatic heterocycles. The van der Waals surface area contributed by atoms with Crippen LogP contribution in [0.2, 0.25) is 0 Å². The smallest absolute Gasteiger partial charge is 0.243 e. The molecule has 1 aliphatic rings. The van der Waals surface area contributed by atoms with Gasteiger partial charge in [0.15, 0.2) is 0 Å². The summed E-state index contributed by atoms with van der Waals surface area (Å²) in [5.41, 5.74) is 1.03. The molecule has 1 unspecified atom stereocenters. The van der Waals surface area contributed by atoms with Crippen molar-refractivity contribution < 1.29 is 17.6 Å². The highest BCUT2D eigenvalue weighted by molar-refractivity contribution is 7.89. The summed E-state index contributed by atoms with van der Waals surface area (Å²) < 4.78 is 40.4. The molecule has 0 bridgehead atoms. The number of hydrogen-bond donors (Lipinski definition) is 0. The summed E-state index contributed by atoms with van der Waals surface area (Å²) in [5.74, 6) is -0.942. The molecule has 0 aliphatic carbocycles. The van der Waals surface area contributed by atoms with Gasteiger partial charge in [-0.2, -0.15) is 4.31 Å². The lowest BCUT2D eigenvalue weighted by Crippen LogP contribution is -2.45. The van der Waals surface area contributed by atoms with Gasteiger partial charge in [0.1, 0.15) is 5.82 Å². The van der Waals surface area contributed by atoms with Crippen LogP contribution < -0.4 is 0 Å². The molecule has 0 N–H and O–H groups in total. The number of benzene rings is 3. The topological polar surface area (TPSA) is 57.7 Å². The number of carbonyl (C=O) groups excluding carboxylic acids is 1. The van der Waals surface area contributed by atoms with Crippen molar-refractivity contribution in [1.82, 2.24) is 9.21 Å². The van der Waals surface area contributed by atoms with E-state index < -0.39 is 21.8 Å². The number of hydrogen-bond acceptors (Lipinski definition) is 3. The first-order valence-electron chi connectivity index (χ1n) is 10.3. The molecule has 0 saturated carbocycles. The minimum Gasteiger partial charge on any atom is -0.341 e. The molecule has 1 atom stereocenters. The molecule has 1 heterocycles. The highest BCUT2D eigenvalue weighted by Gasteiger charge is 2.34. The average molecular weight is 441 g/mol. The molecule has 1 saturated heterocycles. The van der Waals surface area contributed by atoms with Crippen LogP contribution in [0.4, 0.5) is 4.39 Å². The summed E-state index contributed by atoms with van der Waals surface area (Å²) in [6.45, 7) is 0.962. The molecular weight excluding hydrogens is 415 g/mol. The fraction of sp³-hybridized carbons (Fsp3) is 0.292. The molecule has 7 heteroatoms. The molecule has 3 aromatic carbocycles. The van der Waals surface area contributed by atoms with Gasteiger partial charge in [-0.15, -0.1) is 0 Å². The molecule has 0 spiro atoms. The Balaban J connectivity index is 1.45. The molecule has 3 aromatic rings. The van der Waals surface area contributed by atoms with Gasteiger partial charge in [-0.25, -0.2) is 12.8 Å². The maximum absolute atomic E-state index is 13.2. The predicted octanol–water partition coefficient (Wildman–Crippen LogP) is 4.04. The minimum atomic E-state index is -3.76. The Morgan fingerprint density at radius 2 is 1.77 bits per heavy atom. The quantitative estimate of drug-likeness (QED) is 0.602. The van der Waals surface area contributed by atoms with Crippen molar-refractivity contribution in [3.8, 4) is 0 Å². The summed E-state index contributed by atoms with van der Waals surface area (Å²) in [6.07, 6.45) is 1.26. The maximum atomic E-state index is 13.2. The number of fused-ring (bicyclic) bond motifs is 1. The van der Waals surface area contributed by atoms with Crippen LogP contribution in [0.15, 0.2) is 71.6 Å². The van der Waals surface area contributed by atoms with Crippen LogP contribution in [0.3, 0.4) is 0 Å². The van der Waals surface area contributed by atoms with E-state index in [-0.39, 0.29) is 17.3 Å². The van der Waals surface area contributed by atoms with Crippen molar-refractivity contribution in [3.05, 3.63) is 78.1 Å². The van der Waals surface area contributed by atoms with Crippen LogP contribution in [0, 0.1) is 11.7 Å². The van der Waals surface area contributed by atoms with Crippen LogP contribution in [-0.4, -0.2) is 43.7 Å². The van der Waals surface area contributed by atoms with Gasteiger partial charge in [0.25, 0.3) is 0 Å². The zero-order chi connectivity index (χ0) is 22.0. The Morgan fingerprint density at radius 3 is 2.52 bits per heavy atom. The Hall–Kier alpha value is -2.77. The Bertz CT molecular complexity index is 1190. The number of amides is 1. The van der Waals surface area contributed by atoms with Crippen molar-refractivity contribution in [2.75, 3.05) is 20.1 Å². The standard InChI is InChI=1S/C24H25FN2O3S/c1-26(16-18-8-9-19-5-2-3-6-20(19)15-18)24(28)21-7-4-14-27(17-21)31(29,30)23-12-10-22(25)11-13-23/h2-3,5-6,8-13,15,21H,4,7,14,16-17H2,1H3. The van der Waals surface area contributed by atoms with E-state index in [4.69, 9.17) is 0 Å². The van der Waals surface area contributed by atoms with Crippen molar-refractivity contribution in [1.29, 1.82) is 0 Å². The number of rotatable bonds is 5. The minimum absolute atomic E-state index is 0.0477. The Kier molecular flexibility index (Phi) is 6.07. The largest absolute Gasteiger partial charge is 0.341 e. The number of nitrogens with zero attached hydrogens (tertiary/aromatic N) is 2. The van der Waals surface area contributed by atoms with Crippen LogP contribution >= 0.6 is 0 Å². The predicted molar refractivity (Wildman–Crippen MR) is 118 cm³/mol. The molecule has 1 fully saturated rings. The fourth-order valence-electron chi connectivity index (χ4n) is 4.12. The maximum Gasteiger partial charge on any atom is 0.243 e. The highest BCUT2D eigenvalue weighted by Crippen LogP contribution is 2.26. The van der Waals surface area contributed by atoms with Crippen LogP contribution in [-0.2, 0) is 21.4 Å². The zero-order valence-corrected chi connectivity index (χ0v) is 18.2. The number of piperidine rings is 1. The highest BCUT2D eigenvalue weighted by atomic mass is 32.2. The summed E-state index contributed by atoms with van der Waals surface area (Å²) in [5, 5.41) is 2.27. The molecule has 31 heavy (non-hydrogen) atoms. The molecule has 0 aromatic heterocycles. The molecule has 162 valence electrons. The van der Waals surface area contributed by atoms with Gasteiger partial charge in [0, 0.05) is 26.7 Å². The second kappa shape index (κ2) is 8.77. The van der Waals surface area contributed by atoms with Crippen LogP contribution in [0.25, 0.3) is 10.8 Å². The van der Waals surface area contributed by atoms with E-state index >= 15 is 0 Å². The molecule has 0 radical (unpaired) electrons. The average Bonchev–Trinajstić information content (AvgIpc) is 2.79. The molecule has 5 nitrogen and oxygen atoms in total. The van der Waals surface area contributed by atoms with E-state index in [9.17, 15) is 17.6 Å². The number of halogens is 1. The lowest BCUT2D eigenvalue weighted by Gasteiger charge is -2.33. The van der Waals surface area contributed by atoms with E-state index in [1.54, 1.807) is 11.9 Å². The molecule has 1 amide bonds. The SMILES string of the molecule is CN(Cc1ccc2ccccc2c1)C(=O)C1CCCN(S(=O)(=O)c2ccc(F)cc2)C1. The van der Waals surface area contributed by atoms with E-state index in [1.807, 2.05) is 36.4 Å². The third-order valence-electron chi connectivity index (χ3n) is 5.79. The van der Waals surface area contributed by atoms with E-state index in [0.717, 1.165) is 28.5 Å². The first kappa shape index (κ1) is 21.5. The third kappa shape index (κ3) is 4.62. The second-order valence-electron chi connectivity index (χ2n) is 8.03. The Morgan fingerprint density at radius 1 is 1.06 bits per heavy atom. The van der Waals surface area contributed by atoms with Crippen molar-refractivity contribution in [2.24, 2.45) is 5.92 Å². The first-order chi connectivity index (χ1) is 14.8. The van der Waals surface area contributed by atoms with Gasteiger partial charge >= 0.3 is 0 Å². The van der Waals surface area contributed by atoms with Gasteiger partial charge in [-0.3, -0.25) is 4.79 Å².